The molecule has 9 nitrogen and oxygen atoms in total. The Morgan fingerprint density at radius 2 is 1.77 bits per heavy atom. The van der Waals surface area contributed by atoms with Gasteiger partial charge < -0.3 is 15.6 Å². The van der Waals surface area contributed by atoms with Crippen LogP contribution in [0.3, 0.4) is 0 Å². The van der Waals surface area contributed by atoms with Gasteiger partial charge in [-0.25, -0.2) is 4.90 Å². The first-order valence-corrected chi connectivity index (χ1v) is 13.4. The lowest BCUT2D eigenvalue weighted by Gasteiger charge is -2.29. The summed E-state index contributed by atoms with van der Waals surface area (Å²) in [6.45, 7) is 1.40. The van der Waals surface area contributed by atoms with Gasteiger partial charge in [-0.1, -0.05) is 41.9 Å². The lowest BCUT2D eigenvalue weighted by Crippen LogP contribution is -2.53. The second-order valence-electron chi connectivity index (χ2n) is 10.5. The van der Waals surface area contributed by atoms with Crippen LogP contribution in [0.25, 0.3) is 10.9 Å². The Bertz CT molecular complexity index is 1750. The normalized spacial score (nSPS) is 25.0. The van der Waals surface area contributed by atoms with Crippen LogP contribution in [0.1, 0.15) is 18.1 Å². The van der Waals surface area contributed by atoms with E-state index in [0.29, 0.717) is 34.1 Å². The topological polar surface area (TPSA) is 123 Å². The monoisotopic (exact) mass is 553 g/mol. The molecule has 40 heavy (non-hydrogen) atoms. The van der Waals surface area contributed by atoms with Crippen LogP contribution in [0.5, 0.6) is 0 Å². The van der Waals surface area contributed by atoms with Crippen molar-refractivity contribution in [2.45, 2.75) is 24.9 Å². The molecule has 3 aliphatic heterocycles. The third-order valence-electron chi connectivity index (χ3n) is 8.26. The van der Waals surface area contributed by atoms with Gasteiger partial charge in [-0.3, -0.25) is 24.5 Å². The van der Waals surface area contributed by atoms with E-state index in [9.17, 15) is 19.2 Å². The summed E-state index contributed by atoms with van der Waals surface area (Å²) >= 11 is 6.46. The predicted molar refractivity (Wildman–Crippen MR) is 151 cm³/mol. The third-order valence-corrected chi connectivity index (χ3v) is 8.57. The highest BCUT2D eigenvalue weighted by molar-refractivity contribution is 6.35. The van der Waals surface area contributed by atoms with Gasteiger partial charge in [0.05, 0.1) is 28.2 Å². The number of fused-ring (bicyclic) bond motifs is 5. The fourth-order valence-corrected chi connectivity index (χ4v) is 6.88. The first-order chi connectivity index (χ1) is 19.3. The van der Waals surface area contributed by atoms with Crippen LogP contribution in [0, 0.1) is 11.8 Å². The number of anilines is 3. The fraction of sp³-hybridized carbons (Fsp3) is 0.200. The molecule has 1 spiro atoms. The lowest BCUT2D eigenvalue weighted by atomic mass is 9.76. The fourth-order valence-electron chi connectivity index (χ4n) is 6.66. The van der Waals surface area contributed by atoms with E-state index in [-0.39, 0.29) is 11.8 Å². The summed E-state index contributed by atoms with van der Waals surface area (Å²) in [5.74, 6) is -3.25. The Labute approximate surface area is 233 Å². The molecule has 3 aliphatic rings. The first-order valence-electron chi connectivity index (χ1n) is 13.0. The van der Waals surface area contributed by atoms with Gasteiger partial charge >= 0.3 is 0 Å². The van der Waals surface area contributed by atoms with Gasteiger partial charge in [-0.05, 0) is 48.4 Å². The molecular formula is C30H24ClN5O4. The van der Waals surface area contributed by atoms with Crippen molar-refractivity contribution in [3.8, 4) is 0 Å². The number of hydrogen-bond acceptors (Lipinski definition) is 5. The highest BCUT2D eigenvalue weighted by atomic mass is 35.5. The summed E-state index contributed by atoms with van der Waals surface area (Å²) in [6, 6.07) is 19.1. The molecule has 4 heterocycles. The number of nitrogens with zero attached hydrogens (tertiary/aromatic N) is 1. The van der Waals surface area contributed by atoms with Gasteiger partial charge in [0.2, 0.25) is 23.6 Å². The summed E-state index contributed by atoms with van der Waals surface area (Å²) < 4.78 is 0. The minimum Gasteiger partial charge on any atom is -0.361 e. The molecule has 4 aromatic rings. The minimum absolute atomic E-state index is 0.228. The number of benzene rings is 3. The third kappa shape index (κ3) is 3.38. The second-order valence-corrected chi connectivity index (χ2v) is 10.9. The number of imide groups is 1. The van der Waals surface area contributed by atoms with Gasteiger partial charge in [0, 0.05) is 41.3 Å². The number of halogens is 1. The van der Waals surface area contributed by atoms with E-state index in [0.717, 1.165) is 16.5 Å². The van der Waals surface area contributed by atoms with E-state index in [2.05, 4.69) is 20.9 Å². The van der Waals surface area contributed by atoms with Crippen molar-refractivity contribution < 1.29 is 19.2 Å². The number of carbonyl (C=O) groups is 4. The van der Waals surface area contributed by atoms with Crippen molar-refractivity contribution in [2.75, 3.05) is 15.5 Å². The summed E-state index contributed by atoms with van der Waals surface area (Å²) in [6.07, 6.45) is 2.33. The van der Waals surface area contributed by atoms with E-state index < -0.39 is 35.2 Å². The number of nitrogens with one attached hydrogen (secondary N) is 4. The second kappa shape index (κ2) is 8.77. The zero-order valence-electron chi connectivity index (χ0n) is 21.3. The Kier molecular flexibility index (Phi) is 5.39. The quantitative estimate of drug-likeness (QED) is 0.285. The molecule has 7 rings (SSSR count). The molecular weight excluding hydrogens is 530 g/mol. The zero-order chi connectivity index (χ0) is 27.8. The summed E-state index contributed by atoms with van der Waals surface area (Å²) in [5.41, 5.74) is 2.42. The Hall–Kier alpha value is -4.47. The number of rotatable bonds is 4. The molecule has 4 atom stereocenters. The molecule has 1 aromatic heterocycles. The highest BCUT2D eigenvalue weighted by Crippen LogP contribution is 2.55. The van der Waals surface area contributed by atoms with E-state index in [1.807, 2.05) is 30.5 Å². The summed E-state index contributed by atoms with van der Waals surface area (Å²) in [5, 5.41) is 10.4. The lowest BCUT2D eigenvalue weighted by molar-refractivity contribution is -0.130. The molecule has 0 radical (unpaired) electrons. The molecule has 200 valence electrons. The number of carbonyl (C=O) groups excluding carboxylic acids is 4. The van der Waals surface area contributed by atoms with Crippen LogP contribution < -0.4 is 20.9 Å². The Morgan fingerprint density at radius 3 is 2.55 bits per heavy atom. The van der Waals surface area contributed by atoms with Gasteiger partial charge in [0.1, 0.15) is 5.54 Å². The molecule has 0 aliphatic carbocycles. The van der Waals surface area contributed by atoms with E-state index in [4.69, 9.17) is 11.6 Å². The van der Waals surface area contributed by atoms with E-state index in [1.165, 1.54) is 11.8 Å². The van der Waals surface area contributed by atoms with Crippen LogP contribution in [0.2, 0.25) is 5.02 Å². The predicted octanol–water partition coefficient (Wildman–Crippen LogP) is 3.95. The van der Waals surface area contributed by atoms with Gasteiger partial charge in [0.15, 0.2) is 0 Å². The average molecular weight is 554 g/mol. The zero-order valence-corrected chi connectivity index (χ0v) is 22.1. The number of aromatic amines is 1. The number of para-hydroxylation sites is 2. The molecule has 3 aromatic carbocycles. The maximum absolute atomic E-state index is 14.2. The van der Waals surface area contributed by atoms with Crippen molar-refractivity contribution in [3.05, 3.63) is 89.1 Å². The smallest absolute Gasteiger partial charge is 0.250 e. The summed E-state index contributed by atoms with van der Waals surface area (Å²) in [4.78, 5) is 58.0. The summed E-state index contributed by atoms with van der Waals surface area (Å²) in [7, 11) is 0. The SMILES string of the molecule is CC(=O)Nc1ccc(N2C(=O)[C@@H]3C(Cc4c[nH]c5ccccc45)NC4(C(=O)Nc5c(Cl)cccc54)[C@@H]3C2=O)cc1. The molecule has 0 bridgehead atoms. The maximum Gasteiger partial charge on any atom is 0.250 e. The number of amides is 4. The molecule has 4 N–H and O–H groups in total. The van der Waals surface area contributed by atoms with E-state index >= 15 is 0 Å². The highest BCUT2D eigenvalue weighted by Gasteiger charge is 2.70. The molecule has 4 amide bonds. The van der Waals surface area contributed by atoms with Crippen molar-refractivity contribution in [1.29, 1.82) is 0 Å². The Balaban J connectivity index is 1.34. The molecule has 2 fully saturated rings. The van der Waals surface area contributed by atoms with Crippen molar-refractivity contribution >= 4 is 63.2 Å². The van der Waals surface area contributed by atoms with Gasteiger partial charge in [-0.2, -0.15) is 0 Å². The van der Waals surface area contributed by atoms with Crippen LogP contribution in [-0.4, -0.2) is 34.7 Å². The van der Waals surface area contributed by atoms with Gasteiger partial charge in [-0.15, -0.1) is 0 Å². The average Bonchev–Trinajstić information content (AvgIpc) is 3.64. The van der Waals surface area contributed by atoms with Crippen LogP contribution in [0.4, 0.5) is 17.1 Å². The minimum atomic E-state index is -1.46. The largest absolute Gasteiger partial charge is 0.361 e. The Morgan fingerprint density at radius 1 is 1.00 bits per heavy atom. The van der Waals surface area contributed by atoms with Gasteiger partial charge in [0.25, 0.3) is 0 Å². The molecule has 0 saturated carbocycles. The number of aromatic nitrogens is 1. The van der Waals surface area contributed by atoms with Crippen LogP contribution in [0.15, 0.2) is 72.9 Å². The van der Waals surface area contributed by atoms with Crippen molar-refractivity contribution in [2.24, 2.45) is 11.8 Å². The number of H-pyrrole nitrogens is 1. The van der Waals surface area contributed by atoms with Crippen LogP contribution >= 0.6 is 11.6 Å². The van der Waals surface area contributed by atoms with Crippen molar-refractivity contribution in [3.63, 3.8) is 0 Å². The van der Waals surface area contributed by atoms with Crippen LogP contribution in [-0.2, 0) is 31.1 Å². The maximum atomic E-state index is 14.2. The van der Waals surface area contributed by atoms with Crippen molar-refractivity contribution in [1.82, 2.24) is 10.3 Å². The molecule has 2 unspecified atom stereocenters. The standard InChI is InChI=1S/C30H24ClN5O4/c1-15(37)33-17-9-11-18(12-10-17)36-27(38)24-23(13-16-14-32-22-8-3-2-5-19(16)22)35-30(25(24)28(36)39)20-6-4-7-21(31)26(20)34-29(30)40/h2-12,14,23-25,32,35H,13H2,1H3,(H,33,37)(H,34,40)/t23?,24-,25+,30?/m1/s1. The molecule has 2 saturated heterocycles. The first kappa shape index (κ1) is 24.6. The number of hydrogen-bond donors (Lipinski definition) is 4. The molecule has 10 heteroatoms. The van der Waals surface area contributed by atoms with E-state index in [1.54, 1.807) is 42.5 Å².